The summed E-state index contributed by atoms with van der Waals surface area (Å²) in [6.07, 6.45) is 1.63. The number of amides is 1. The number of rotatable bonds is 6. The molecule has 0 heterocycles. The van der Waals surface area contributed by atoms with E-state index in [1.807, 2.05) is 0 Å². The van der Waals surface area contributed by atoms with Crippen molar-refractivity contribution in [3.63, 3.8) is 0 Å². The van der Waals surface area contributed by atoms with E-state index < -0.39 is 4.92 Å². The molecule has 0 unspecified atom stereocenters. The van der Waals surface area contributed by atoms with Crippen LogP contribution in [0.1, 0.15) is 10.4 Å². The zero-order valence-electron chi connectivity index (χ0n) is 11.7. The van der Waals surface area contributed by atoms with Gasteiger partial charge in [-0.15, -0.1) is 0 Å². The maximum atomic E-state index is 12.1. The molecule has 22 heavy (non-hydrogen) atoms. The number of non-ortho nitro benzene ring substituents is 1. The van der Waals surface area contributed by atoms with Gasteiger partial charge in [-0.1, -0.05) is 18.7 Å². The van der Waals surface area contributed by atoms with Crippen LogP contribution in [0.15, 0.2) is 61.2 Å². The largest absolute Gasteiger partial charge is 0.489 e. The van der Waals surface area contributed by atoms with Crippen LogP contribution in [0.25, 0.3) is 0 Å². The van der Waals surface area contributed by atoms with Crippen molar-refractivity contribution in [3.8, 4) is 5.75 Å². The van der Waals surface area contributed by atoms with Gasteiger partial charge in [-0.2, -0.15) is 0 Å². The van der Waals surface area contributed by atoms with Crippen molar-refractivity contribution in [1.82, 2.24) is 0 Å². The third kappa shape index (κ3) is 3.92. The molecule has 0 aliphatic carbocycles. The second kappa shape index (κ2) is 7.03. The molecular weight excluding hydrogens is 284 g/mol. The molecule has 0 radical (unpaired) electrons. The molecule has 0 fully saturated rings. The summed E-state index contributed by atoms with van der Waals surface area (Å²) in [5.74, 6) is 0.261. The first-order chi connectivity index (χ1) is 10.6. The molecule has 112 valence electrons. The van der Waals surface area contributed by atoms with Crippen LogP contribution >= 0.6 is 0 Å². The van der Waals surface area contributed by atoms with Crippen molar-refractivity contribution in [2.45, 2.75) is 0 Å². The Morgan fingerprint density at radius 1 is 1.27 bits per heavy atom. The molecule has 2 aromatic carbocycles. The van der Waals surface area contributed by atoms with E-state index in [0.717, 1.165) is 0 Å². The lowest BCUT2D eigenvalue weighted by molar-refractivity contribution is -0.384. The normalized spacial score (nSPS) is 9.82. The number of nitro groups is 1. The van der Waals surface area contributed by atoms with Gasteiger partial charge >= 0.3 is 0 Å². The quantitative estimate of drug-likeness (QED) is 0.503. The molecule has 2 rings (SSSR count). The van der Waals surface area contributed by atoms with Crippen LogP contribution in [0, 0.1) is 10.1 Å². The molecule has 0 aliphatic rings. The van der Waals surface area contributed by atoms with Gasteiger partial charge in [0.1, 0.15) is 12.4 Å². The van der Waals surface area contributed by atoms with Gasteiger partial charge < -0.3 is 10.1 Å². The van der Waals surface area contributed by atoms with E-state index >= 15 is 0 Å². The van der Waals surface area contributed by atoms with Gasteiger partial charge in [0.15, 0.2) is 0 Å². The monoisotopic (exact) mass is 298 g/mol. The zero-order chi connectivity index (χ0) is 15.9. The van der Waals surface area contributed by atoms with E-state index in [-0.39, 0.29) is 11.6 Å². The minimum Gasteiger partial charge on any atom is -0.489 e. The Bertz CT molecular complexity index is 696. The lowest BCUT2D eigenvalue weighted by atomic mass is 10.2. The number of carbonyl (C=O) groups excluding carboxylic acids is 1. The predicted molar refractivity (Wildman–Crippen MR) is 83.2 cm³/mol. The van der Waals surface area contributed by atoms with Gasteiger partial charge in [0, 0.05) is 29.4 Å². The summed E-state index contributed by atoms with van der Waals surface area (Å²) >= 11 is 0. The van der Waals surface area contributed by atoms with E-state index in [0.29, 0.717) is 23.6 Å². The van der Waals surface area contributed by atoms with Crippen molar-refractivity contribution in [2.24, 2.45) is 0 Å². The molecule has 1 amide bonds. The molecule has 2 aromatic rings. The summed E-state index contributed by atoms with van der Waals surface area (Å²) in [6, 6.07) is 12.3. The molecule has 6 nitrogen and oxygen atoms in total. The van der Waals surface area contributed by atoms with E-state index in [4.69, 9.17) is 4.74 Å². The summed E-state index contributed by atoms with van der Waals surface area (Å²) in [5.41, 5.74) is 0.851. The van der Waals surface area contributed by atoms with Crippen molar-refractivity contribution in [3.05, 3.63) is 76.9 Å². The van der Waals surface area contributed by atoms with Crippen LogP contribution in [-0.2, 0) is 0 Å². The van der Waals surface area contributed by atoms with Gasteiger partial charge in [0.25, 0.3) is 11.6 Å². The molecular formula is C16H14N2O4. The van der Waals surface area contributed by atoms with E-state index in [1.54, 1.807) is 30.3 Å². The highest BCUT2D eigenvalue weighted by Crippen LogP contribution is 2.19. The van der Waals surface area contributed by atoms with Gasteiger partial charge in [-0.05, 0) is 24.3 Å². The van der Waals surface area contributed by atoms with Gasteiger partial charge in [-0.25, -0.2) is 0 Å². The molecule has 1 N–H and O–H groups in total. The summed E-state index contributed by atoms with van der Waals surface area (Å²) in [6.45, 7) is 3.94. The predicted octanol–water partition coefficient (Wildman–Crippen LogP) is 3.41. The van der Waals surface area contributed by atoms with Gasteiger partial charge in [-0.3, -0.25) is 14.9 Å². The third-order valence-corrected chi connectivity index (χ3v) is 2.80. The summed E-state index contributed by atoms with van der Waals surface area (Å²) < 4.78 is 5.38. The smallest absolute Gasteiger partial charge is 0.269 e. The minimum atomic E-state index is -0.512. The lowest BCUT2D eigenvalue weighted by Gasteiger charge is -2.08. The number of hydrogen-bond donors (Lipinski definition) is 1. The fourth-order valence-corrected chi connectivity index (χ4v) is 1.76. The highest BCUT2D eigenvalue weighted by Gasteiger charge is 2.10. The molecule has 0 aromatic heterocycles. The number of nitro benzene ring substituents is 1. The van der Waals surface area contributed by atoms with Crippen molar-refractivity contribution < 1.29 is 14.5 Å². The Morgan fingerprint density at radius 2 is 2.00 bits per heavy atom. The number of ether oxygens (including phenoxy) is 1. The summed E-state index contributed by atoms with van der Waals surface area (Å²) in [7, 11) is 0. The molecule has 0 saturated heterocycles. The second-order valence-electron chi connectivity index (χ2n) is 4.39. The number of anilines is 1. The minimum absolute atomic E-state index is 0.0589. The van der Waals surface area contributed by atoms with Gasteiger partial charge in [0.2, 0.25) is 0 Å². The SMILES string of the molecule is C=CCOc1cccc(NC(=O)c2ccc([N+](=O)[O-])cc2)c1. The maximum Gasteiger partial charge on any atom is 0.269 e. The Labute approximate surface area is 127 Å². The first kappa shape index (κ1) is 15.2. The molecule has 0 atom stereocenters. The number of hydrogen-bond acceptors (Lipinski definition) is 4. The number of nitrogens with zero attached hydrogens (tertiary/aromatic N) is 1. The van der Waals surface area contributed by atoms with Crippen molar-refractivity contribution in [2.75, 3.05) is 11.9 Å². The first-order valence-electron chi connectivity index (χ1n) is 6.49. The van der Waals surface area contributed by atoms with Crippen LogP contribution < -0.4 is 10.1 Å². The Balaban J connectivity index is 2.07. The second-order valence-corrected chi connectivity index (χ2v) is 4.39. The Hall–Kier alpha value is -3.15. The number of nitrogens with one attached hydrogen (secondary N) is 1. The topological polar surface area (TPSA) is 81.5 Å². The van der Waals surface area contributed by atoms with Crippen LogP contribution in [0.3, 0.4) is 0 Å². The van der Waals surface area contributed by atoms with Crippen LogP contribution in [-0.4, -0.2) is 17.4 Å². The third-order valence-electron chi connectivity index (χ3n) is 2.80. The average Bonchev–Trinajstić information content (AvgIpc) is 2.53. The first-order valence-corrected chi connectivity index (χ1v) is 6.49. The highest BCUT2D eigenvalue weighted by atomic mass is 16.6. The van der Waals surface area contributed by atoms with Crippen LogP contribution in [0.2, 0.25) is 0 Å². The number of benzene rings is 2. The zero-order valence-corrected chi connectivity index (χ0v) is 11.7. The van der Waals surface area contributed by atoms with Crippen molar-refractivity contribution in [1.29, 1.82) is 0 Å². The Morgan fingerprint density at radius 3 is 2.64 bits per heavy atom. The fourth-order valence-electron chi connectivity index (χ4n) is 1.76. The van der Waals surface area contributed by atoms with Crippen molar-refractivity contribution >= 4 is 17.3 Å². The van der Waals surface area contributed by atoms with Gasteiger partial charge in [0.05, 0.1) is 4.92 Å². The highest BCUT2D eigenvalue weighted by molar-refractivity contribution is 6.04. The fraction of sp³-hybridized carbons (Fsp3) is 0.0625. The average molecular weight is 298 g/mol. The molecule has 0 bridgehead atoms. The molecule has 0 spiro atoms. The summed E-state index contributed by atoms with van der Waals surface area (Å²) in [4.78, 5) is 22.2. The van der Waals surface area contributed by atoms with Crippen LogP contribution in [0.5, 0.6) is 5.75 Å². The maximum absolute atomic E-state index is 12.1. The van der Waals surface area contributed by atoms with Crippen LogP contribution in [0.4, 0.5) is 11.4 Å². The van der Waals surface area contributed by atoms with E-state index in [1.165, 1.54) is 24.3 Å². The van der Waals surface area contributed by atoms with E-state index in [9.17, 15) is 14.9 Å². The molecule has 0 aliphatic heterocycles. The molecule has 0 saturated carbocycles. The Kier molecular flexibility index (Phi) is 4.87. The summed E-state index contributed by atoms with van der Waals surface area (Å²) in [5, 5.41) is 13.3. The molecule has 6 heteroatoms. The van der Waals surface area contributed by atoms with E-state index in [2.05, 4.69) is 11.9 Å². The standard InChI is InChI=1S/C16H14N2O4/c1-2-10-22-15-5-3-4-13(11-15)17-16(19)12-6-8-14(9-7-12)18(20)21/h2-9,11H,1,10H2,(H,17,19). The lowest BCUT2D eigenvalue weighted by Crippen LogP contribution is -2.11. The number of carbonyl (C=O) groups is 1.